The van der Waals surface area contributed by atoms with Crippen molar-refractivity contribution in [3.8, 4) is 11.4 Å². The summed E-state index contributed by atoms with van der Waals surface area (Å²) in [5.41, 5.74) is 1.65. The molecule has 6 heteroatoms. The van der Waals surface area contributed by atoms with Gasteiger partial charge in [-0.1, -0.05) is 61.0 Å². The average molecular weight is 407 g/mol. The summed E-state index contributed by atoms with van der Waals surface area (Å²) in [6.45, 7) is 3.42. The Balaban J connectivity index is 1.50. The van der Waals surface area contributed by atoms with Crippen LogP contribution in [0.1, 0.15) is 55.9 Å². The SMILES string of the molecule is CCCC(C(=O)N1CCCC(c2nc(-c3cccc(F)c3)no2)C1)c1ccccc1. The molecule has 2 atom stereocenters. The van der Waals surface area contributed by atoms with E-state index in [1.807, 2.05) is 35.2 Å². The fourth-order valence-corrected chi connectivity index (χ4v) is 4.15. The minimum Gasteiger partial charge on any atom is -0.341 e. The number of benzene rings is 2. The summed E-state index contributed by atoms with van der Waals surface area (Å²) in [6.07, 6.45) is 3.55. The number of rotatable bonds is 6. The molecule has 0 aliphatic carbocycles. The lowest BCUT2D eigenvalue weighted by atomic mass is 9.90. The predicted octanol–water partition coefficient (Wildman–Crippen LogP) is 5.17. The maximum absolute atomic E-state index is 13.5. The Kier molecular flexibility index (Phi) is 6.21. The molecule has 1 aliphatic rings. The van der Waals surface area contributed by atoms with Gasteiger partial charge in [0.1, 0.15) is 5.82 Å². The number of halogens is 1. The van der Waals surface area contributed by atoms with Crippen LogP contribution in [-0.2, 0) is 4.79 Å². The van der Waals surface area contributed by atoms with Crippen LogP contribution >= 0.6 is 0 Å². The third-order valence-corrected chi connectivity index (χ3v) is 5.68. The van der Waals surface area contributed by atoms with E-state index in [-0.39, 0.29) is 23.6 Å². The molecule has 3 aromatic rings. The Bertz CT molecular complexity index is 989. The largest absolute Gasteiger partial charge is 0.341 e. The van der Waals surface area contributed by atoms with E-state index >= 15 is 0 Å². The molecule has 156 valence electrons. The van der Waals surface area contributed by atoms with Gasteiger partial charge in [-0.2, -0.15) is 4.98 Å². The third-order valence-electron chi connectivity index (χ3n) is 5.68. The number of piperidine rings is 1. The molecule has 0 radical (unpaired) electrons. The van der Waals surface area contributed by atoms with E-state index in [1.54, 1.807) is 12.1 Å². The Morgan fingerprint density at radius 3 is 2.83 bits per heavy atom. The van der Waals surface area contributed by atoms with Gasteiger partial charge < -0.3 is 9.42 Å². The monoisotopic (exact) mass is 407 g/mol. The van der Waals surface area contributed by atoms with Gasteiger partial charge in [0.2, 0.25) is 17.6 Å². The van der Waals surface area contributed by atoms with Gasteiger partial charge in [0.25, 0.3) is 0 Å². The van der Waals surface area contributed by atoms with Gasteiger partial charge in [0, 0.05) is 18.7 Å². The summed E-state index contributed by atoms with van der Waals surface area (Å²) < 4.78 is 19.0. The summed E-state index contributed by atoms with van der Waals surface area (Å²) in [5.74, 6) is 0.587. The van der Waals surface area contributed by atoms with Crippen molar-refractivity contribution in [2.24, 2.45) is 0 Å². The number of hydrogen-bond acceptors (Lipinski definition) is 4. The van der Waals surface area contributed by atoms with Gasteiger partial charge in [0.15, 0.2) is 0 Å². The predicted molar refractivity (Wildman–Crippen MR) is 112 cm³/mol. The first kappa shape index (κ1) is 20.3. The number of hydrogen-bond donors (Lipinski definition) is 0. The van der Waals surface area contributed by atoms with Crippen molar-refractivity contribution in [2.75, 3.05) is 13.1 Å². The molecule has 2 heterocycles. The van der Waals surface area contributed by atoms with Crippen LogP contribution in [0, 0.1) is 5.82 Å². The Morgan fingerprint density at radius 1 is 1.23 bits per heavy atom. The van der Waals surface area contributed by atoms with E-state index in [9.17, 15) is 9.18 Å². The van der Waals surface area contributed by atoms with Gasteiger partial charge in [0.05, 0.1) is 11.8 Å². The van der Waals surface area contributed by atoms with E-state index < -0.39 is 0 Å². The van der Waals surface area contributed by atoms with Crippen molar-refractivity contribution in [1.82, 2.24) is 15.0 Å². The van der Waals surface area contributed by atoms with Gasteiger partial charge in [-0.15, -0.1) is 0 Å². The molecule has 0 saturated carbocycles. The maximum atomic E-state index is 13.5. The second-order valence-corrected chi connectivity index (χ2v) is 7.84. The van der Waals surface area contributed by atoms with E-state index in [4.69, 9.17) is 4.52 Å². The molecule has 2 aromatic carbocycles. The summed E-state index contributed by atoms with van der Waals surface area (Å²) in [5, 5.41) is 4.03. The van der Waals surface area contributed by atoms with E-state index in [0.29, 0.717) is 23.8 Å². The lowest BCUT2D eigenvalue weighted by Gasteiger charge is -2.33. The number of carbonyl (C=O) groups is 1. The molecular formula is C24H26FN3O2. The number of likely N-dealkylation sites (tertiary alicyclic amines) is 1. The van der Waals surface area contributed by atoms with E-state index in [1.165, 1.54) is 12.1 Å². The minimum absolute atomic E-state index is 0.00411. The van der Waals surface area contributed by atoms with E-state index in [2.05, 4.69) is 17.1 Å². The summed E-state index contributed by atoms with van der Waals surface area (Å²) in [7, 11) is 0. The molecule has 4 rings (SSSR count). The summed E-state index contributed by atoms with van der Waals surface area (Å²) in [4.78, 5) is 19.8. The van der Waals surface area contributed by atoms with Crippen LogP contribution in [0.3, 0.4) is 0 Å². The smallest absolute Gasteiger partial charge is 0.231 e. The Morgan fingerprint density at radius 2 is 2.07 bits per heavy atom. The first-order valence-electron chi connectivity index (χ1n) is 10.6. The molecule has 5 nitrogen and oxygen atoms in total. The number of carbonyl (C=O) groups excluding carboxylic acids is 1. The molecule has 0 spiro atoms. The number of amides is 1. The zero-order chi connectivity index (χ0) is 20.9. The molecule has 1 saturated heterocycles. The zero-order valence-electron chi connectivity index (χ0n) is 17.1. The highest BCUT2D eigenvalue weighted by Crippen LogP contribution is 2.31. The molecule has 1 amide bonds. The summed E-state index contributed by atoms with van der Waals surface area (Å²) in [6, 6.07) is 16.1. The minimum atomic E-state index is -0.337. The Hall–Kier alpha value is -3.02. The average Bonchev–Trinajstić information content (AvgIpc) is 3.28. The molecule has 30 heavy (non-hydrogen) atoms. The van der Waals surface area contributed by atoms with Crippen LogP contribution in [0.15, 0.2) is 59.1 Å². The molecule has 1 aliphatic heterocycles. The van der Waals surface area contributed by atoms with Crippen LogP contribution in [0.5, 0.6) is 0 Å². The van der Waals surface area contributed by atoms with Crippen LogP contribution in [0.2, 0.25) is 0 Å². The topological polar surface area (TPSA) is 59.2 Å². The van der Waals surface area contributed by atoms with Crippen LogP contribution in [-0.4, -0.2) is 34.0 Å². The normalized spacial score (nSPS) is 17.7. The van der Waals surface area contributed by atoms with E-state index in [0.717, 1.165) is 37.8 Å². The highest BCUT2D eigenvalue weighted by molar-refractivity contribution is 5.84. The molecule has 0 bridgehead atoms. The third kappa shape index (κ3) is 4.42. The summed E-state index contributed by atoms with van der Waals surface area (Å²) >= 11 is 0. The number of nitrogens with zero attached hydrogens (tertiary/aromatic N) is 3. The lowest BCUT2D eigenvalue weighted by Crippen LogP contribution is -2.41. The maximum Gasteiger partial charge on any atom is 0.231 e. The van der Waals surface area contributed by atoms with Gasteiger partial charge in [-0.05, 0) is 37.0 Å². The van der Waals surface area contributed by atoms with Crippen molar-refractivity contribution in [1.29, 1.82) is 0 Å². The standard InChI is InChI=1S/C24H26FN3O2/c1-2-8-21(17-9-4-3-5-10-17)24(29)28-14-7-12-19(16-28)23-26-22(27-30-23)18-11-6-13-20(25)15-18/h3-6,9-11,13,15,19,21H,2,7-8,12,14,16H2,1H3. The molecule has 0 N–H and O–H groups in total. The lowest BCUT2D eigenvalue weighted by molar-refractivity contribution is -0.134. The fraction of sp³-hybridized carbons (Fsp3) is 0.375. The van der Waals surface area contributed by atoms with Crippen molar-refractivity contribution in [3.63, 3.8) is 0 Å². The van der Waals surface area contributed by atoms with Crippen molar-refractivity contribution >= 4 is 5.91 Å². The second kappa shape index (κ2) is 9.20. The second-order valence-electron chi connectivity index (χ2n) is 7.84. The van der Waals surface area contributed by atoms with Crippen LogP contribution in [0.4, 0.5) is 4.39 Å². The van der Waals surface area contributed by atoms with Gasteiger partial charge in [-0.25, -0.2) is 4.39 Å². The van der Waals surface area contributed by atoms with Gasteiger partial charge >= 0.3 is 0 Å². The zero-order valence-corrected chi connectivity index (χ0v) is 17.1. The highest BCUT2D eigenvalue weighted by atomic mass is 19.1. The van der Waals surface area contributed by atoms with Crippen LogP contribution < -0.4 is 0 Å². The fourth-order valence-electron chi connectivity index (χ4n) is 4.15. The van der Waals surface area contributed by atoms with Crippen molar-refractivity contribution in [2.45, 2.75) is 44.4 Å². The quantitative estimate of drug-likeness (QED) is 0.566. The van der Waals surface area contributed by atoms with Crippen LogP contribution in [0.25, 0.3) is 11.4 Å². The van der Waals surface area contributed by atoms with Gasteiger partial charge in [-0.3, -0.25) is 4.79 Å². The molecule has 1 fully saturated rings. The highest BCUT2D eigenvalue weighted by Gasteiger charge is 2.32. The molecule has 1 aromatic heterocycles. The van der Waals surface area contributed by atoms with Crippen molar-refractivity contribution in [3.05, 3.63) is 71.9 Å². The first-order valence-corrected chi connectivity index (χ1v) is 10.6. The first-order chi connectivity index (χ1) is 14.7. The molecule has 2 unspecified atom stereocenters. The van der Waals surface area contributed by atoms with Crippen molar-refractivity contribution < 1.29 is 13.7 Å². The number of aromatic nitrogens is 2. The molecular weight excluding hydrogens is 381 g/mol. The Labute approximate surface area is 175 Å².